The molecule has 9 heteroatoms. The van der Waals surface area contributed by atoms with Crippen LogP contribution in [0.1, 0.15) is 27.2 Å². The fraction of sp³-hybridized carbons (Fsp3) is 0.556. The molecule has 152 valence electrons. The number of benzene rings is 1. The first-order chi connectivity index (χ1) is 12.6. The second-order valence-electron chi connectivity index (χ2n) is 6.84. The van der Waals surface area contributed by atoms with E-state index in [2.05, 4.69) is 20.9 Å². The molecule has 1 aromatic rings. The lowest BCUT2D eigenvalue weighted by Gasteiger charge is -2.19. The fourth-order valence-corrected chi connectivity index (χ4v) is 3.25. The number of aliphatic imine (C=N–C) groups is 1. The van der Waals surface area contributed by atoms with Gasteiger partial charge in [-0.1, -0.05) is 18.2 Å². The van der Waals surface area contributed by atoms with Gasteiger partial charge in [-0.05, 0) is 39.3 Å². The zero-order valence-corrected chi connectivity index (χ0v) is 17.2. The third-order valence-electron chi connectivity index (χ3n) is 3.30. The SMILES string of the molecule is CN=C(NCCCNC(=O)OC(C)(C)C)NCCS(=O)(=O)c1ccccc1. The normalized spacial score (nSPS) is 12.4. The Morgan fingerprint density at radius 2 is 1.63 bits per heavy atom. The Balaban J connectivity index is 2.25. The van der Waals surface area contributed by atoms with Gasteiger partial charge in [-0.2, -0.15) is 0 Å². The van der Waals surface area contributed by atoms with Crippen molar-refractivity contribution in [3.63, 3.8) is 0 Å². The molecule has 0 aliphatic carbocycles. The first-order valence-electron chi connectivity index (χ1n) is 8.83. The third-order valence-corrected chi connectivity index (χ3v) is 5.04. The van der Waals surface area contributed by atoms with Crippen LogP contribution in [-0.2, 0) is 14.6 Å². The summed E-state index contributed by atoms with van der Waals surface area (Å²) in [6.07, 6.45) is 0.221. The van der Waals surface area contributed by atoms with Crippen LogP contribution in [0, 0.1) is 0 Å². The molecule has 1 rings (SSSR count). The van der Waals surface area contributed by atoms with Crippen molar-refractivity contribution in [1.82, 2.24) is 16.0 Å². The van der Waals surface area contributed by atoms with E-state index in [1.165, 1.54) is 0 Å². The van der Waals surface area contributed by atoms with E-state index in [0.29, 0.717) is 30.4 Å². The topological polar surface area (TPSA) is 109 Å². The minimum absolute atomic E-state index is 0.0298. The average molecular weight is 399 g/mol. The quantitative estimate of drug-likeness (QED) is 0.348. The molecule has 0 aliphatic rings. The first kappa shape index (κ1) is 22.8. The Bertz CT molecular complexity index is 713. The summed E-state index contributed by atoms with van der Waals surface area (Å²) in [6.45, 7) is 6.70. The summed E-state index contributed by atoms with van der Waals surface area (Å²) >= 11 is 0. The minimum Gasteiger partial charge on any atom is -0.444 e. The van der Waals surface area contributed by atoms with Gasteiger partial charge >= 0.3 is 6.09 Å². The summed E-state index contributed by atoms with van der Waals surface area (Å²) in [5, 5.41) is 8.71. The van der Waals surface area contributed by atoms with Crippen LogP contribution in [0.4, 0.5) is 4.79 Å². The summed E-state index contributed by atoms with van der Waals surface area (Å²) in [4.78, 5) is 15.9. The number of sulfone groups is 1. The molecule has 0 radical (unpaired) electrons. The number of nitrogens with zero attached hydrogens (tertiary/aromatic N) is 1. The molecule has 8 nitrogen and oxygen atoms in total. The number of hydrogen-bond acceptors (Lipinski definition) is 5. The number of hydrogen-bond donors (Lipinski definition) is 3. The van der Waals surface area contributed by atoms with Gasteiger partial charge in [0.25, 0.3) is 0 Å². The highest BCUT2D eigenvalue weighted by Crippen LogP contribution is 2.09. The van der Waals surface area contributed by atoms with E-state index in [0.717, 1.165) is 0 Å². The summed E-state index contributed by atoms with van der Waals surface area (Å²) in [5.41, 5.74) is -0.519. The highest BCUT2D eigenvalue weighted by Gasteiger charge is 2.15. The summed E-state index contributed by atoms with van der Waals surface area (Å²) < 4.78 is 29.6. The van der Waals surface area contributed by atoms with E-state index in [1.807, 2.05) is 20.8 Å². The lowest BCUT2D eigenvalue weighted by Crippen LogP contribution is -2.41. The second kappa shape index (κ2) is 10.8. The van der Waals surface area contributed by atoms with E-state index < -0.39 is 21.5 Å². The predicted octanol–water partition coefficient (Wildman–Crippen LogP) is 1.54. The summed E-state index contributed by atoms with van der Waals surface area (Å²) in [5.74, 6) is 0.480. The third kappa shape index (κ3) is 9.83. The van der Waals surface area contributed by atoms with Crippen LogP contribution < -0.4 is 16.0 Å². The Labute approximate surface area is 161 Å². The van der Waals surface area contributed by atoms with Crippen molar-refractivity contribution in [2.45, 2.75) is 37.7 Å². The van der Waals surface area contributed by atoms with Crippen LogP contribution in [0.15, 0.2) is 40.2 Å². The van der Waals surface area contributed by atoms with Crippen LogP contribution in [0.3, 0.4) is 0 Å². The zero-order valence-electron chi connectivity index (χ0n) is 16.4. The van der Waals surface area contributed by atoms with Gasteiger partial charge in [0, 0.05) is 26.7 Å². The molecule has 0 saturated carbocycles. The second-order valence-corrected chi connectivity index (χ2v) is 8.95. The Morgan fingerprint density at radius 1 is 1.04 bits per heavy atom. The largest absolute Gasteiger partial charge is 0.444 e. The molecule has 27 heavy (non-hydrogen) atoms. The molecular formula is C18H30N4O4S. The van der Waals surface area contributed by atoms with Crippen LogP contribution in [0.25, 0.3) is 0 Å². The van der Waals surface area contributed by atoms with Gasteiger partial charge in [0.2, 0.25) is 0 Å². The van der Waals surface area contributed by atoms with E-state index >= 15 is 0 Å². The van der Waals surface area contributed by atoms with Crippen molar-refractivity contribution in [2.75, 3.05) is 32.4 Å². The lowest BCUT2D eigenvalue weighted by molar-refractivity contribution is 0.0527. The number of nitrogens with one attached hydrogen (secondary N) is 3. The van der Waals surface area contributed by atoms with Gasteiger partial charge in [-0.3, -0.25) is 4.99 Å². The number of carbonyl (C=O) groups excluding carboxylic acids is 1. The van der Waals surface area contributed by atoms with Gasteiger partial charge in [0.05, 0.1) is 10.6 Å². The number of guanidine groups is 1. The standard InChI is InChI=1S/C18H30N4O4S/c1-18(2,3)26-17(23)22-12-8-11-20-16(19-4)21-13-14-27(24,25)15-9-6-5-7-10-15/h5-7,9-10H,8,11-14H2,1-4H3,(H,22,23)(H2,19,20,21). The van der Waals surface area contributed by atoms with Crippen LogP contribution in [0.5, 0.6) is 0 Å². The van der Waals surface area contributed by atoms with Crippen molar-refractivity contribution in [3.8, 4) is 0 Å². The van der Waals surface area contributed by atoms with Crippen molar-refractivity contribution < 1.29 is 17.9 Å². The maximum absolute atomic E-state index is 12.2. The van der Waals surface area contributed by atoms with Crippen LogP contribution >= 0.6 is 0 Å². The summed E-state index contributed by atoms with van der Waals surface area (Å²) in [7, 11) is -1.71. The number of amides is 1. The van der Waals surface area contributed by atoms with Crippen molar-refractivity contribution in [2.24, 2.45) is 4.99 Å². The molecular weight excluding hydrogens is 368 g/mol. The molecule has 0 bridgehead atoms. The van der Waals surface area contributed by atoms with Gasteiger partial charge < -0.3 is 20.7 Å². The van der Waals surface area contributed by atoms with E-state index in [4.69, 9.17) is 4.74 Å². The highest BCUT2D eigenvalue weighted by molar-refractivity contribution is 7.91. The molecule has 0 aromatic heterocycles. The minimum atomic E-state index is -3.32. The van der Waals surface area contributed by atoms with Gasteiger partial charge in [-0.25, -0.2) is 13.2 Å². The zero-order chi connectivity index (χ0) is 20.3. The Kier molecular flexibility index (Phi) is 9.07. The molecule has 0 fully saturated rings. The molecule has 3 N–H and O–H groups in total. The van der Waals surface area contributed by atoms with Crippen LogP contribution in [0.2, 0.25) is 0 Å². The molecule has 0 unspecified atom stereocenters. The molecule has 1 amide bonds. The molecule has 1 aromatic carbocycles. The van der Waals surface area contributed by atoms with Crippen molar-refractivity contribution in [3.05, 3.63) is 30.3 Å². The number of alkyl carbamates (subject to hydrolysis) is 1. The average Bonchev–Trinajstić information content (AvgIpc) is 2.59. The number of carbonyl (C=O) groups is 1. The Hall–Kier alpha value is -2.29. The van der Waals surface area contributed by atoms with Gasteiger partial charge in [0.1, 0.15) is 5.60 Å². The molecule has 0 heterocycles. The number of rotatable bonds is 8. The molecule has 0 aliphatic heterocycles. The highest BCUT2D eigenvalue weighted by atomic mass is 32.2. The molecule has 0 atom stereocenters. The molecule has 0 spiro atoms. The molecule has 0 saturated heterocycles. The monoisotopic (exact) mass is 398 g/mol. The summed E-state index contributed by atoms with van der Waals surface area (Å²) in [6, 6.07) is 8.35. The maximum atomic E-state index is 12.2. The Morgan fingerprint density at radius 3 is 2.22 bits per heavy atom. The predicted molar refractivity (Wildman–Crippen MR) is 107 cm³/mol. The maximum Gasteiger partial charge on any atom is 0.407 e. The smallest absolute Gasteiger partial charge is 0.407 e. The van der Waals surface area contributed by atoms with Crippen molar-refractivity contribution >= 4 is 21.9 Å². The van der Waals surface area contributed by atoms with Gasteiger partial charge in [-0.15, -0.1) is 0 Å². The van der Waals surface area contributed by atoms with Gasteiger partial charge in [0.15, 0.2) is 15.8 Å². The van der Waals surface area contributed by atoms with Crippen LogP contribution in [-0.4, -0.2) is 58.5 Å². The fourth-order valence-electron chi connectivity index (χ4n) is 2.07. The number of ether oxygens (including phenoxy) is 1. The lowest BCUT2D eigenvalue weighted by atomic mass is 10.2. The van der Waals surface area contributed by atoms with E-state index in [1.54, 1.807) is 37.4 Å². The first-order valence-corrected chi connectivity index (χ1v) is 10.5. The van der Waals surface area contributed by atoms with Crippen molar-refractivity contribution in [1.29, 1.82) is 0 Å². The van der Waals surface area contributed by atoms with E-state index in [-0.39, 0.29) is 12.3 Å². The van der Waals surface area contributed by atoms with E-state index in [9.17, 15) is 13.2 Å².